The van der Waals surface area contributed by atoms with E-state index in [1.165, 1.54) is 18.2 Å². The number of aromatic nitrogens is 2. The third-order valence-corrected chi connectivity index (χ3v) is 3.12. The fraction of sp³-hybridized carbons (Fsp3) is 0.286. The van der Waals surface area contributed by atoms with Gasteiger partial charge in [-0.15, -0.1) is 0 Å². The Labute approximate surface area is 122 Å². The van der Waals surface area contributed by atoms with Gasteiger partial charge in [-0.2, -0.15) is 10.4 Å². The summed E-state index contributed by atoms with van der Waals surface area (Å²) in [4.78, 5) is 10.6. The molecule has 1 aromatic carbocycles. The number of hydrogen-bond donors (Lipinski definition) is 1. The van der Waals surface area contributed by atoms with Gasteiger partial charge in [0.2, 0.25) is 0 Å². The molecule has 0 saturated heterocycles. The van der Waals surface area contributed by atoms with Crippen molar-refractivity contribution in [3.05, 3.63) is 51.3 Å². The zero-order valence-corrected chi connectivity index (χ0v) is 11.8. The van der Waals surface area contributed by atoms with E-state index in [1.54, 1.807) is 4.68 Å². The van der Waals surface area contributed by atoms with E-state index < -0.39 is 4.92 Å². The Bertz CT molecular complexity index is 715. The van der Waals surface area contributed by atoms with Crippen LogP contribution >= 0.6 is 0 Å². The summed E-state index contributed by atoms with van der Waals surface area (Å²) >= 11 is 0. The monoisotopic (exact) mass is 285 g/mol. The van der Waals surface area contributed by atoms with E-state index in [9.17, 15) is 10.1 Å². The van der Waals surface area contributed by atoms with Crippen LogP contribution in [-0.4, -0.2) is 14.7 Å². The van der Waals surface area contributed by atoms with Crippen LogP contribution in [0.15, 0.2) is 24.4 Å². The maximum Gasteiger partial charge on any atom is 0.292 e. The van der Waals surface area contributed by atoms with E-state index in [2.05, 4.69) is 10.4 Å². The first-order valence-electron chi connectivity index (χ1n) is 6.49. The van der Waals surface area contributed by atoms with E-state index in [0.29, 0.717) is 17.8 Å². The van der Waals surface area contributed by atoms with E-state index in [-0.39, 0.29) is 5.69 Å². The molecule has 0 bridgehead atoms. The summed E-state index contributed by atoms with van der Waals surface area (Å²) in [7, 11) is 1.83. The second kappa shape index (κ2) is 6.05. The van der Waals surface area contributed by atoms with Gasteiger partial charge in [-0.25, -0.2) is 0 Å². The van der Waals surface area contributed by atoms with Crippen LogP contribution in [0.25, 0.3) is 0 Å². The molecule has 7 nitrogen and oxygen atoms in total. The van der Waals surface area contributed by atoms with Crippen molar-refractivity contribution in [2.24, 2.45) is 7.05 Å². The molecule has 1 heterocycles. The molecule has 21 heavy (non-hydrogen) atoms. The predicted molar refractivity (Wildman–Crippen MR) is 77.7 cm³/mol. The summed E-state index contributed by atoms with van der Waals surface area (Å²) in [5.41, 5.74) is 2.60. The van der Waals surface area contributed by atoms with E-state index >= 15 is 0 Å². The van der Waals surface area contributed by atoms with Gasteiger partial charge in [0, 0.05) is 31.4 Å². The first-order valence-corrected chi connectivity index (χ1v) is 6.49. The molecule has 0 saturated carbocycles. The number of nitriles is 1. The van der Waals surface area contributed by atoms with Crippen LogP contribution in [0.5, 0.6) is 0 Å². The minimum Gasteiger partial charge on any atom is -0.375 e. The molecule has 1 aromatic heterocycles. The normalized spacial score (nSPS) is 10.1. The molecule has 0 aliphatic heterocycles. The third kappa shape index (κ3) is 3.17. The number of nitrogens with one attached hydrogen (secondary N) is 1. The summed E-state index contributed by atoms with van der Waals surface area (Å²) in [5.74, 6) is 0. The van der Waals surface area contributed by atoms with Gasteiger partial charge in [-0.3, -0.25) is 14.8 Å². The van der Waals surface area contributed by atoms with E-state index in [4.69, 9.17) is 5.26 Å². The van der Waals surface area contributed by atoms with Crippen LogP contribution < -0.4 is 5.32 Å². The van der Waals surface area contributed by atoms with Gasteiger partial charge in [0.15, 0.2) is 0 Å². The summed E-state index contributed by atoms with van der Waals surface area (Å²) in [5, 5.41) is 27.3. The lowest BCUT2D eigenvalue weighted by Gasteiger charge is -2.07. The van der Waals surface area contributed by atoms with Crippen LogP contribution in [0.2, 0.25) is 0 Å². The van der Waals surface area contributed by atoms with Crippen LogP contribution in [0.4, 0.5) is 11.4 Å². The smallest absolute Gasteiger partial charge is 0.292 e. The minimum atomic E-state index is -0.465. The average molecular weight is 285 g/mol. The number of nitro groups is 1. The van der Waals surface area contributed by atoms with Crippen molar-refractivity contribution < 1.29 is 4.92 Å². The first kappa shape index (κ1) is 14.5. The van der Waals surface area contributed by atoms with Gasteiger partial charge >= 0.3 is 0 Å². The molecule has 0 aliphatic rings. The number of hydrogen-bond acceptors (Lipinski definition) is 5. The Hall–Kier alpha value is -2.88. The highest BCUT2D eigenvalue weighted by atomic mass is 16.6. The number of rotatable bonds is 5. The quantitative estimate of drug-likeness (QED) is 0.672. The van der Waals surface area contributed by atoms with Crippen molar-refractivity contribution in [2.45, 2.75) is 19.9 Å². The molecule has 0 spiro atoms. The van der Waals surface area contributed by atoms with Crippen LogP contribution in [0.3, 0.4) is 0 Å². The Morgan fingerprint density at radius 1 is 1.52 bits per heavy atom. The van der Waals surface area contributed by atoms with E-state index in [1.807, 2.05) is 26.2 Å². The third-order valence-electron chi connectivity index (χ3n) is 3.12. The van der Waals surface area contributed by atoms with Crippen molar-refractivity contribution >= 4 is 11.4 Å². The summed E-state index contributed by atoms with van der Waals surface area (Å²) in [6, 6.07) is 6.24. The number of nitro benzene ring substituents is 1. The minimum absolute atomic E-state index is 0.0454. The predicted octanol–water partition coefficient (Wildman–Crippen LogP) is 2.37. The SMILES string of the molecule is CCc1nn(C)cc1CNc1cc(C#N)ccc1[N+](=O)[O-]. The van der Waals surface area contributed by atoms with Gasteiger partial charge in [0.25, 0.3) is 5.69 Å². The highest BCUT2D eigenvalue weighted by molar-refractivity contribution is 5.64. The molecule has 0 unspecified atom stereocenters. The van der Waals surface area contributed by atoms with Crippen LogP contribution in [0, 0.1) is 21.4 Å². The number of benzene rings is 1. The van der Waals surface area contributed by atoms with Crippen molar-refractivity contribution in [3.8, 4) is 6.07 Å². The van der Waals surface area contributed by atoms with Gasteiger partial charge < -0.3 is 5.32 Å². The number of aryl methyl sites for hydroxylation is 2. The van der Waals surface area contributed by atoms with Gasteiger partial charge in [0.1, 0.15) is 5.69 Å². The molecule has 0 aliphatic carbocycles. The fourth-order valence-electron chi connectivity index (χ4n) is 2.13. The van der Waals surface area contributed by atoms with Crippen molar-refractivity contribution in [1.29, 1.82) is 5.26 Å². The second-order valence-electron chi connectivity index (χ2n) is 4.58. The van der Waals surface area contributed by atoms with Crippen molar-refractivity contribution in [2.75, 3.05) is 5.32 Å². The molecule has 0 fully saturated rings. The highest BCUT2D eigenvalue weighted by Crippen LogP contribution is 2.26. The summed E-state index contributed by atoms with van der Waals surface area (Å²) < 4.78 is 1.72. The molecule has 0 radical (unpaired) electrons. The molecule has 108 valence electrons. The van der Waals surface area contributed by atoms with Crippen molar-refractivity contribution in [1.82, 2.24) is 9.78 Å². The topological polar surface area (TPSA) is 96.8 Å². The lowest BCUT2D eigenvalue weighted by Crippen LogP contribution is -2.04. The Balaban J connectivity index is 2.26. The fourth-order valence-corrected chi connectivity index (χ4v) is 2.13. The standard InChI is InChI=1S/C14H15N5O2/c1-3-12-11(9-18(2)17-12)8-16-13-6-10(7-15)4-5-14(13)19(20)21/h4-6,9,16H,3,8H2,1-2H3. The summed E-state index contributed by atoms with van der Waals surface area (Å²) in [6.07, 6.45) is 2.67. The van der Waals surface area contributed by atoms with Gasteiger partial charge in [0.05, 0.1) is 22.2 Å². The second-order valence-corrected chi connectivity index (χ2v) is 4.58. The average Bonchev–Trinajstić information content (AvgIpc) is 2.84. The summed E-state index contributed by atoms with van der Waals surface area (Å²) in [6.45, 7) is 2.43. The largest absolute Gasteiger partial charge is 0.375 e. The van der Waals surface area contributed by atoms with Crippen LogP contribution in [-0.2, 0) is 20.0 Å². The Morgan fingerprint density at radius 3 is 2.90 bits per heavy atom. The van der Waals surface area contributed by atoms with Gasteiger partial charge in [-0.05, 0) is 18.6 Å². The molecule has 0 amide bonds. The Morgan fingerprint density at radius 2 is 2.29 bits per heavy atom. The molecule has 2 aromatic rings. The maximum absolute atomic E-state index is 11.0. The van der Waals surface area contributed by atoms with Gasteiger partial charge in [-0.1, -0.05) is 6.92 Å². The lowest BCUT2D eigenvalue weighted by atomic mass is 10.1. The lowest BCUT2D eigenvalue weighted by molar-refractivity contribution is -0.384. The zero-order valence-electron chi connectivity index (χ0n) is 11.8. The molecular formula is C14H15N5O2. The molecule has 0 atom stereocenters. The molecule has 2 rings (SSSR count). The van der Waals surface area contributed by atoms with Crippen molar-refractivity contribution in [3.63, 3.8) is 0 Å². The molecular weight excluding hydrogens is 270 g/mol. The number of anilines is 1. The highest BCUT2D eigenvalue weighted by Gasteiger charge is 2.15. The number of nitrogens with zero attached hydrogens (tertiary/aromatic N) is 4. The Kier molecular flexibility index (Phi) is 4.18. The maximum atomic E-state index is 11.0. The molecule has 7 heteroatoms. The molecule has 1 N–H and O–H groups in total. The first-order chi connectivity index (χ1) is 10.0. The zero-order chi connectivity index (χ0) is 15.4. The van der Waals surface area contributed by atoms with Crippen LogP contribution in [0.1, 0.15) is 23.7 Å². The van der Waals surface area contributed by atoms with E-state index in [0.717, 1.165) is 17.7 Å².